The van der Waals surface area contributed by atoms with E-state index in [1.54, 1.807) is 29.0 Å². The number of benzene rings is 1. The van der Waals surface area contributed by atoms with Crippen molar-refractivity contribution in [3.8, 4) is 23.1 Å². The van der Waals surface area contributed by atoms with Crippen LogP contribution in [0.5, 0.6) is 5.75 Å². The van der Waals surface area contributed by atoms with Crippen molar-refractivity contribution < 1.29 is 9.53 Å². The van der Waals surface area contributed by atoms with Gasteiger partial charge in [-0.05, 0) is 24.1 Å². The number of aryl methyl sites for hydroxylation is 1. The van der Waals surface area contributed by atoms with Crippen LogP contribution in [0.25, 0.3) is 11.1 Å². The van der Waals surface area contributed by atoms with Gasteiger partial charge in [0.1, 0.15) is 5.75 Å². The highest BCUT2D eigenvalue weighted by Crippen LogP contribution is 2.27. The number of ether oxygens (including phenoxy) is 1. The summed E-state index contributed by atoms with van der Waals surface area (Å²) in [6, 6.07) is 5.46. The highest BCUT2D eigenvalue weighted by Gasteiger charge is 2.24. The number of carbonyl (C=O) groups is 1. The lowest BCUT2D eigenvalue weighted by atomic mass is 10.1. The third-order valence-corrected chi connectivity index (χ3v) is 4.15. The fourth-order valence-corrected chi connectivity index (χ4v) is 2.86. The van der Waals surface area contributed by atoms with Crippen molar-refractivity contribution in [1.29, 1.82) is 5.26 Å². The summed E-state index contributed by atoms with van der Waals surface area (Å²) >= 11 is 0. The average molecular weight is 325 g/mol. The van der Waals surface area contributed by atoms with Crippen LogP contribution >= 0.6 is 0 Å². The molecule has 1 saturated heterocycles. The van der Waals surface area contributed by atoms with Crippen molar-refractivity contribution in [3.63, 3.8) is 0 Å². The molecule has 1 atom stereocenters. The number of rotatable bonds is 4. The zero-order valence-electron chi connectivity index (χ0n) is 13.7. The molecule has 1 aromatic heterocycles. The van der Waals surface area contributed by atoms with Crippen LogP contribution in [0.15, 0.2) is 30.6 Å². The van der Waals surface area contributed by atoms with Crippen molar-refractivity contribution in [3.05, 3.63) is 36.2 Å². The Hall–Kier alpha value is -3.01. The molecule has 1 amide bonds. The summed E-state index contributed by atoms with van der Waals surface area (Å²) in [5, 5.41) is 16.0. The van der Waals surface area contributed by atoms with Gasteiger partial charge in [0, 0.05) is 37.9 Å². The molecular weight excluding hydrogens is 306 g/mol. The molecule has 1 N–H and O–H groups in total. The van der Waals surface area contributed by atoms with E-state index in [2.05, 4.69) is 16.6 Å². The van der Waals surface area contributed by atoms with E-state index in [9.17, 15) is 4.79 Å². The monoisotopic (exact) mass is 325 g/mol. The first kappa shape index (κ1) is 15.9. The molecule has 0 aliphatic carbocycles. The van der Waals surface area contributed by atoms with Crippen LogP contribution in [0.4, 0.5) is 0 Å². The van der Waals surface area contributed by atoms with Crippen molar-refractivity contribution in [2.45, 2.75) is 12.5 Å². The molecular formula is C17H19N5O2. The van der Waals surface area contributed by atoms with Crippen molar-refractivity contribution in [2.75, 3.05) is 20.2 Å². The molecule has 0 saturated carbocycles. The predicted molar refractivity (Wildman–Crippen MR) is 88.3 cm³/mol. The molecule has 124 valence electrons. The quantitative estimate of drug-likeness (QED) is 0.859. The third kappa shape index (κ3) is 3.18. The first-order chi connectivity index (χ1) is 11.6. The Labute approximate surface area is 140 Å². The number of nitrogens with one attached hydrogen (secondary N) is 1. The largest absolute Gasteiger partial charge is 0.496 e. The summed E-state index contributed by atoms with van der Waals surface area (Å²) in [5.41, 5.74) is 2.39. The third-order valence-electron chi connectivity index (χ3n) is 4.15. The van der Waals surface area contributed by atoms with E-state index in [1.807, 2.05) is 25.4 Å². The molecule has 0 spiro atoms. The van der Waals surface area contributed by atoms with Gasteiger partial charge in [0.15, 0.2) is 6.19 Å². The molecule has 7 heteroatoms. The Morgan fingerprint density at radius 1 is 1.46 bits per heavy atom. The fraction of sp³-hybridized carbons (Fsp3) is 0.353. The van der Waals surface area contributed by atoms with Gasteiger partial charge in [-0.15, -0.1) is 0 Å². The molecule has 2 aromatic rings. The van der Waals surface area contributed by atoms with Gasteiger partial charge < -0.3 is 15.0 Å². The fourth-order valence-electron chi connectivity index (χ4n) is 2.86. The molecule has 1 fully saturated rings. The number of nitriles is 1. The zero-order chi connectivity index (χ0) is 17.1. The highest BCUT2D eigenvalue weighted by molar-refractivity contribution is 5.97. The van der Waals surface area contributed by atoms with E-state index in [0.717, 1.165) is 17.5 Å². The smallest absolute Gasteiger partial charge is 0.255 e. The second-order valence-electron chi connectivity index (χ2n) is 5.82. The van der Waals surface area contributed by atoms with E-state index in [0.29, 0.717) is 24.4 Å². The Morgan fingerprint density at radius 2 is 2.29 bits per heavy atom. The zero-order valence-corrected chi connectivity index (χ0v) is 13.7. The molecule has 3 rings (SSSR count). The number of aromatic nitrogens is 2. The first-order valence-electron chi connectivity index (χ1n) is 7.73. The van der Waals surface area contributed by atoms with Gasteiger partial charge in [-0.2, -0.15) is 10.4 Å². The summed E-state index contributed by atoms with van der Waals surface area (Å²) in [6.45, 7) is 1.23. The van der Waals surface area contributed by atoms with Crippen LogP contribution in [0, 0.1) is 11.5 Å². The van der Waals surface area contributed by atoms with Crippen LogP contribution in [-0.4, -0.2) is 46.8 Å². The topological polar surface area (TPSA) is 83.2 Å². The predicted octanol–water partition coefficient (Wildman–Crippen LogP) is 1.38. The first-order valence-corrected chi connectivity index (χ1v) is 7.73. The summed E-state index contributed by atoms with van der Waals surface area (Å²) in [5.74, 6) is 0.332. The molecule has 1 aromatic carbocycles. The number of amides is 1. The number of hydrogen-bond acceptors (Lipinski definition) is 5. The maximum absolute atomic E-state index is 12.5. The number of hydrogen-bond donors (Lipinski definition) is 1. The minimum atomic E-state index is -0.186. The maximum Gasteiger partial charge on any atom is 0.255 e. The highest BCUT2D eigenvalue weighted by atomic mass is 16.5. The SMILES string of the molecule is COc1cc(-c2cnn(C)c2)ccc1C(=O)NC1CCN(C#N)C1. The Bertz CT molecular complexity index is 793. The lowest BCUT2D eigenvalue weighted by Gasteiger charge is -2.14. The standard InChI is InChI=1S/C17H19N5O2/c1-21-9-13(8-19-21)12-3-4-15(16(7-12)24-2)17(23)20-14-5-6-22(10-14)11-18/h3-4,7-9,14H,5-6,10H2,1-2H3,(H,20,23). The minimum Gasteiger partial charge on any atom is -0.496 e. The lowest BCUT2D eigenvalue weighted by molar-refractivity contribution is 0.0936. The number of methoxy groups -OCH3 is 1. The van der Waals surface area contributed by atoms with Crippen LogP contribution in [-0.2, 0) is 7.05 Å². The van der Waals surface area contributed by atoms with Crippen LogP contribution in [0.3, 0.4) is 0 Å². The van der Waals surface area contributed by atoms with Crippen LogP contribution in [0.2, 0.25) is 0 Å². The lowest BCUT2D eigenvalue weighted by Crippen LogP contribution is -2.36. The van der Waals surface area contributed by atoms with Gasteiger partial charge in [0.05, 0.1) is 18.9 Å². The Kier molecular flexibility index (Phi) is 4.38. The number of nitrogens with zero attached hydrogens (tertiary/aromatic N) is 4. The van der Waals surface area contributed by atoms with E-state index < -0.39 is 0 Å². The van der Waals surface area contributed by atoms with Gasteiger partial charge in [-0.1, -0.05) is 6.07 Å². The van der Waals surface area contributed by atoms with Crippen LogP contribution in [0.1, 0.15) is 16.8 Å². The summed E-state index contributed by atoms with van der Waals surface area (Å²) < 4.78 is 7.12. The molecule has 24 heavy (non-hydrogen) atoms. The van der Waals surface area contributed by atoms with Gasteiger partial charge in [0.2, 0.25) is 0 Å². The number of likely N-dealkylation sites (tertiary alicyclic amines) is 1. The van der Waals surface area contributed by atoms with Crippen molar-refractivity contribution in [1.82, 2.24) is 20.0 Å². The molecule has 7 nitrogen and oxygen atoms in total. The molecule has 0 radical (unpaired) electrons. The maximum atomic E-state index is 12.5. The average Bonchev–Trinajstić information content (AvgIpc) is 3.23. The second kappa shape index (κ2) is 6.62. The summed E-state index contributed by atoms with van der Waals surface area (Å²) in [7, 11) is 3.40. The van der Waals surface area contributed by atoms with E-state index in [-0.39, 0.29) is 11.9 Å². The van der Waals surface area contributed by atoms with E-state index in [1.165, 1.54) is 0 Å². The molecule has 2 heterocycles. The van der Waals surface area contributed by atoms with Crippen molar-refractivity contribution >= 4 is 5.91 Å². The molecule has 0 bridgehead atoms. The normalized spacial score (nSPS) is 16.7. The van der Waals surface area contributed by atoms with Gasteiger partial charge in [0.25, 0.3) is 5.91 Å². The minimum absolute atomic E-state index is 0.0140. The Morgan fingerprint density at radius 3 is 2.92 bits per heavy atom. The Balaban J connectivity index is 1.78. The molecule has 1 unspecified atom stereocenters. The number of carbonyl (C=O) groups excluding carboxylic acids is 1. The summed E-state index contributed by atoms with van der Waals surface area (Å²) in [4.78, 5) is 14.2. The van der Waals surface area contributed by atoms with Crippen LogP contribution < -0.4 is 10.1 Å². The second-order valence-corrected chi connectivity index (χ2v) is 5.82. The summed E-state index contributed by atoms with van der Waals surface area (Å²) in [6.07, 6.45) is 6.55. The molecule has 1 aliphatic rings. The van der Waals surface area contributed by atoms with Gasteiger partial charge in [-0.3, -0.25) is 9.48 Å². The van der Waals surface area contributed by atoms with Gasteiger partial charge in [-0.25, -0.2) is 0 Å². The van der Waals surface area contributed by atoms with E-state index >= 15 is 0 Å². The van der Waals surface area contributed by atoms with Gasteiger partial charge >= 0.3 is 0 Å². The van der Waals surface area contributed by atoms with Crippen molar-refractivity contribution in [2.24, 2.45) is 7.05 Å². The van der Waals surface area contributed by atoms with E-state index in [4.69, 9.17) is 10.00 Å². The molecule has 1 aliphatic heterocycles.